The van der Waals surface area contributed by atoms with Crippen molar-refractivity contribution < 1.29 is 24.1 Å². The number of ether oxygens (including phenoxy) is 4. The van der Waals surface area contributed by atoms with Crippen LogP contribution in [0.5, 0.6) is 0 Å². The first-order valence-corrected chi connectivity index (χ1v) is 16.5. The van der Waals surface area contributed by atoms with E-state index in [0.717, 1.165) is 30.1 Å². The maximum Gasteiger partial charge on any atom is 0.161 e. The van der Waals surface area contributed by atoms with Crippen LogP contribution in [0.3, 0.4) is 0 Å². The van der Waals surface area contributed by atoms with Crippen molar-refractivity contribution in [2.24, 2.45) is 35.5 Å². The number of rotatable bonds is 4. The van der Waals surface area contributed by atoms with Gasteiger partial charge in [-0.3, -0.25) is 0 Å². The number of aliphatic hydroxyl groups is 1. The van der Waals surface area contributed by atoms with Crippen LogP contribution in [0, 0.1) is 35.5 Å². The summed E-state index contributed by atoms with van der Waals surface area (Å²) < 4.78 is 25.9. The Morgan fingerprint density at radius 1 is 0.378 bits per heavy atom. The summed E-state index contributed by atoms with van der Waals surface area (Å²) in [6.45, 7) is 0. The molecule has 0 radical (unpaired) electrons. The van der Waals surface area contributed by atoms with Crippen LogP contribution in [0.1, 0.15) is 122 Å². The fourth-order valence-corrected chi connectivity index (χ4v) is 9.88. The molecule has 0 spiro atoms. The lowest BCUT2D eigenvalue weighted by atomic mass is 9.71. The van der Waals surface area contributed by atoms with Crippen LogP contribution in [-0.4, -0.2) is 48.2 Å². The van der Waals surface area contributed by atoms with Gasteiger partial charge in [0, 0.05) is 18.3 Å². The standard InChI is InChI=1S/C32H52O5/c33-28-29-26(34-31(36-29)24-15-11-22(12-16-24)20-7-3-1-4-8-20)19-27-30(28)37-32(35-27)25-17-13-23(14-18-25)21-9-5-2-6-10-21/h20-33H,1-19H2/t22?,23?,24?,25?,26-,27+,28?,29-,30-,31?,32?/m1/s1. The van der Waals surface area contributed by atoms with E-state index in [2.05, 4.69) is 0 Å². The highest BCUT2D eigenvalue weighted by atomic mass is 16.8. The molecule has 5 heteroatoms. The number of fused-ring (bicyclic) bond motifs is 2. The summed E-state index contributed by atoms with van der Waals surface area (Å²) in [5.41, 5.74) is 0. The van der Waals surface area contributed by atoms with Gasteiger partial charge >= 0.3 is 0 Å². The fourth-order valence-electron chi connectivity index (χ4n) is 9.88. The largest absolute Gasteiger partial charge is 0.387 e. The minimum absolute atomic E-state index is 0.0540. The molecule has 7 fully saturated rings. The van der Waals surface area contributed by atoms with Gasteiger partial charge < -0.3 is 24.1 Å². The molecule has 2 aliphatic heterocycles. The molecular weight excluding hydrogens is 464 g/mol. The highest BCUT2D eigenvalue weighted by molar-refractivity contribution is 5.02. The van der Waals surface area contributed by atoms with Crippen LogP contribution in [0.2, 0.25) is 0 Å². The molecule has 1 N–H and O–H groups in total. The summed E-state index contributed by atoms with van der Waals surface area (Å²) in [6, 6.07) is 0. The van der Waals surface area contributed by atoms with Crippen LogP contribution >= 0.6 is 0 Å². The van der Waals surface area contributed by atoms with E-state index < -0.39 is 6.10 Å². The first-order chi connectivity index (χ1) is 18.2. The first-order valence-electron chi connectivity index (χ1n) is 16.5. The molecule has 0 amide bonds. The van der Waals surface area contributed by atoms with Gasteiger partial charge in [-0.1, -0.05) is 64.2 Å². The lowest BCUT2D eigenvalue weighted by Crippen LogP contribution is -2.53. The molecule has 0 aromatic carbocycles. The zero-order valence-corrected chi connectivity index (χ0v) is 23.0. The van der Waals surface area contributed by atoms with Gasteiger partial charge in [0.1, 0.15) is 18.3 Å². The van der Waals surface area contributed by atoms with E-state index >= 15 is 0 Å². The van der Waals surface area contributed by atoms with E-state index in [0.29, 0.717) is 11.8 Å². The Labute approximate surface area is 224 Å². The molecule has 3 unspecified atom stereocenters. The minimum Gasteiger partial charge on any atom is -0.387 e. The highest BCUT2D eigenvalue weighted by Crippen LogP contribution is 2.48. The summed E-state index contributed by atoms with van der Waals surface area (Å²) >= 11 is 0. The molecule has 2 heterocycles. The number of aliphatic hydroxyl groups excluding tert-OH is 1. The van der Waals surface area contributed by atoms with Crippen molar-refractivity contribution >= 4 is 0 Å². The summed E-state index contributed by atoms with van der Waals surface area (Å²) in [4.78, 5) is 0. The molecule has 2 saturated heterocycles. The fraction of sp³-hybridized carbons (Fsp3) is 1.00. The third-order valence-corrected chi connectivity index (χ3v) is 12.1. The quantitative estimate of drug-likeness (QED) is 0.448. The second kappa shape index (κ2) is 11.4. The molecular formula is C32H52O5. The molecule has 5 aliphatic carbocycles. The van der Waals surface area contributed by atoms with Crippen LogP contribution < -0.4 is 0 Å². The topological polar surface area (TPSA) is 57.2 Å². The van der Waals surface area contributed by atoms with Gasteiger partial charge in [0.25, 0.3) is 0 Å². The summed E-state index contributed by atoms with van der Waals surface area (Å²) in [5, 5.41) is 11.3. The monoisotopic (exact) mass is 516 g/mol. The van der Waals surface area contributed by atoms with E-state index in [-0.39, 0.29) is 37.0 Å². The van der Waals surface area contributed by atoms with E-state index in [1.807, 2.05) is 0 Å². The number of hydrogen-bond donors (Lipinski definition) is 1. The maximum absolute atomic E-state index is 11.3. The summed E-state index contributed by atoms with van der Waals surface area (Å²) in [6.07, 6.45) is 23.9. The smallest absolute Gasteiger partial charge is 0.161 e. The highest BCUT2D eigenvalue weighted by Gasteiger charge is 2.57. The first kappa shape index (κ1) is 25.7. The van der Waals surface area contributed by atoms with Crippen molar-refractivity contribution in [1.29, 1.82) is 0 Å². The van der Waals surface area contributed by atoms with Gasteiger partial charge in [-0.2, -0.15) is 0 Å². The third kappa shape index (κ3) is 5.31. The Balaban J connectivity index is 0.890. The number of hydrogen-bond acceptors (Lipinski definition) is 5. The van der Waals surface area contributed by atoms with Crippen molar-refractivity contribution in [1.82, 2.24) is 0 Å². The Kier molecular flexibility index (Phi) is 7.90. The average molecular weight is 517 g/mol. The SMILES string of the molecule is OC1[C@@H]2OC(C3CCC(C4CCCCC4)CC3)O[C@H]2C[C@H]2OC(C3CCC(C4CCCCC4)CC3)O[C@@H]12. The molecule has 37 heavy (non-hydrogen) atoms. The molecule has 7 aliphatic rings. The lowest BCUT2D eigenvalue weighted by molar-refractivity contribution is -0.153. The van der Waals surface area contributed by atoms with E-state index in [9.17, 15) is 5.11 Å². The molecule has 5 saturated carbocycles. The van der Waals surface area contributed by atoms with Crippen molar-refractivity contribution in [3.63, 3.8) is 0 Å². The van der Waals surface area contributed by atoms with Gasteiger partial charge in [0.05, 0.1) is 12.2 Å². The van der Waals surface area contributed by atoms with Gasteiger partial charge in [-0.05, 0) is 75.0 Å². The van der Waals surface area contributed by atoms with Crippen LogP contribution in [-0.2, 0) is 18.9 Å². The molecule has 210 valence electrons. The maximum atomic E-state index is 11.3. The summed E-state index contributed by atoms with van der Waals surface area (Å²) in [7, 11) is 0. The second-order valence-electron chi connectivity index (χ2n) is 14.2. The van der Waals surface area contributed by atoms with Crippen molar-refractivity contribution in [3.05, 3.63) is 0 Å². The van der Waals surface area contributed by atoms with Crippen molar-refractivity contribution in [2.45, 2.75) is 165 Å². The predicted molar refractivity (Wildman–Crippen MR) is 142 cm³/mol. The van der Waals surface area contributed by atoms with Gasteiger partial charge in [-0.15, -0.1) is 0 Å². The van der Waals surface area contributed by atoms with Gasteiger partial charge in [-0.25, -0.2) is 0 Å². The van der Waals surface area contributed by atoms with Gasteiger partial charge in [0.2, 0.25) is 0 Å². The van der Waals surface area contributed by atoms with Crippen LogP contribution in [0.4, 0.5) is 0 Å². The zero-order valence-electron chi connectivity index (χ0n) is 23.0. The lowest BCUT2D eigenvalue weighted by Gasteiger charge is -2.37. The van der Waals surface area contributed by atoms with Crippen LogP contribution in [0.15, 0.2) is 0 Å². The van der Waals surface area contributed by atoms with E-state index in [1.165, 1.54) is 116 Å². The van der Waals surface area contributed by atoms with E-state index in [1.54, 1.807) is 0 Å². The molecule has 5 nitrogen and oxygen atoms in total. The molecule has 7 atom stereocenters. The van der Waals surface area contributed by atoms with Crippen LogP contribution in [0.25, 0.3) is 0 Å². The van der Waals surface area contributed by atoms with Crippen molar-refractivity contribution in [2.75, 3.05) is 0 Å². The third-order valence-electron chi connectivity index (χ3n) is 12.1. The predicted octanol–water partition coefficient (Wildman–Crippen LogP) is 6.74. The molecule has 7 rings (SSSR count). The molecule has 0 bridgehead atoms. The Hall–Kier alpha value is -0.200. The Morgan fingerprint density at radius 2 is 0.730 bits per heavy atom. The van der Waals surface area contributed by atoms with E-state index in [4.69, 9.17) is 18.9 Å². The van der Waals surface area contributed by atoms with Gasteiger partial charge in [0.15, 0.2) is 12.6 Å². The average Bonchev–Trinajstić information content (AvgIpc) is 3.60. The Bertz CT molecular complexity index is 671. The second-order valence-corrected chi connectivity index (χ2v) is 14.2. The molecule has 0 aromatic rings. The summed E-state index contributed by atoms with van der Waals surface area (Å²) in [5.74, 6) is 4.73. The van der Waals surface area contributed by atoms with Crippen molar-refractivity contribution in [3.8, 4) is 0 Å². The zero-order chi connectivity index (χ0) is 24.8. The normalized spacial score (nSPS) is 50.0. The molecule has 0 aromatic heterocycles. The Morgan fingerprint density at radius 3 is 1.14 bits per heavy atom. The minimum atomic E-state index is -0.643.